The number of hydrogen-bond donors (Lipinski definition) is 0. The van der Waals surface area contributed by atoms with E-state index in [0.717, 1.165) is 22.2 Å². The van der Waals surface area contributed by atoms with Gasteiger partial charge < -0.3 is 0 Å². The number of benzene rings is 1. The van der Waals surface area contributed by atoms with Crippen molar-refractivity contribution in [3.63, 3.8) is 0 Å². The van der Waals surface area contributed by atoms with Gasteiger partial charge in [-0.25, -0.2) is 9.67 Å². The number of pyridine rings is 3. The Balaban J connectivity index is 1.64. The predicted molar refractivity (Wildman–Crippen MR) is 123 cm³/mol. The average molecular weight is 495 g/mol. The highest BCUT2D eigenvalue weighted by Gasteiger charge is 2.34. The molecule has 182 valence electrons. The number of fused-ring (bicyclic) bond motifs is 1. The minimum absolute atomic E-state index is 0.0393. The summed E-state index contributed by atoms with van der Waals surface area (Å²) in [7, 11) is 0. The molecule has 4 heterocycles. The third-order valence-corrected chi connectivity index (χ3v) is 5.94. The van der Waals surface area contributed by atoms with Gasteiger partial charge in [0.15, 0.2) is 11.5 Å². The molecule has 0 radical (unpaired) electrons. The zero-order chi connectivity index (χ0) is 25.7. The average Bonchev–Trinajstić information content (AvgIpc) is 3.34. The minimum Gasteiger partial charge on any atom is -0.252 e. The molecule has 0 N–H and O–H groups in total. The van der Waals surface area contributed by atoms with Gasteiger partial charge in [0.2, 0.25) is 11.9 Å². The maximum atomic E-state index is 14.3. The SMILES string of the molecule is CC(C)(c1cccc(-c2ccc(F)nc2F)n1)c1cc2ccccc2c(-n2ccc(C(F)(F)F)n2)n1. The van der Waals surface area contributed by atoms with Crippen molar-refractivity contribution >= 4 is 10.8 Å². The van der Waals surface area contributed by atoms with Crippen molar-refractivity contribution in [3.8, 4) is 17.1 Å². The van der Waals surface area contributed by atoms with Gasteiger partial charge in [0.05, 0.1) is 22.6 Å². The summed E-state index contributed by atoms with van der Waals surface area (Å²) in [5.74, 6) is -1.69. The number of alkyl halides is 3. The van der Waals surface area contributed by atoms with Crippen LogP contribution >= 0.6 is 0 Å². The van der Waals surface area contributed by atoms with Gasteiger partial charge in [-0.3, -0.25) is 4.98 Å². The van der Waals surface area contributed by atoms with Crippen molar-refractivity contribution in [1.82, 2.24) is 24.7 Å². The minimum atomic E-state index is -4.59. The lowest BCUT2D eigenvalue weighted by Gasteiger charge is -2.25. The summed E-state index contributed by atoms with van der Waals surface area (Å²) in [6.45, 7) is 3.70. The van der Waals surface area contributed by atoms with Gasteiger partial charge in [-0.2, -0.15) is 32.0 Å². The van der Waals surface area contributed by atoms with Crippen LogP contribution in [0, 0.1) is 11.9 Å². The van der Waals surface area contributed by atoms with E-state index in [1.165, 1.54) is 12.3 Å². The Morgan fingerprint density at radius 1 is 0.750 bits per heavy atom. The van der Waals surface area contributed by atoms with E-state index in [2.05, 4.69) is 15.1 Å². The van der Waals surface area contributed by atoms with Crippen molar-refractivity contribution in [3.05, 3.63) is 102 Å². The van der Waals surface area contributed by atoms with Crippen LogP contribution in [0.2, 0.25) is 0 Å². The first kappa shape index (κ1) is 23.5. The standard InChI is InChI=1S/C26H18F5N5/c1-25(2,19-9-5-8-18(32-19)17-10-11-22(27)34-23(17)28)21-14-15-6-3-4-7-16(15)24(33-21)36-13-12-20(35-36)26(29,30)31/h3-14H,1-2H3. The molecule has 0 atom stereocenters. The Morgan fingerprint density at radius 2 is 1.53 bits per heavy atom. The quantitative estimate of drug-likeness (QED) is 0.211. The first-order valence-corrected chi connectivity index (χ1v) is 10.9. The molecule has 0 saturated carbocycles. The van der Waals surface area contributed by atoms with Gasteiger partial charge in [0.1, 0.15) is 0 Å². The number of nitrogens with zero attached hydrogens (tertiary/aromatic N) is 5. The van der Waals surface area contributed by atoms with Crippen LogP contribution in [0.4, 0.5) is 22.0 Å². The number of aromatic nitrogens is 5. The van der Waals surface area contributed by atoms with Gasteiger partial charge in [0.25, 0.3) is 0 Å². The fraction of sp³-hybridized carbons (Fsp3) is 0.154. The molecule has 5 nitrogen and oxygen atoms in total. The molecule has 10 heteroatoms. The Hall–Kier alpha value is -4.21. The molecular formula is C26H18F5N5. The lowest BCUT2D eigenvalue weighted by molar-refractivity contribution is -0.141. The van der Waals surface area contributed by atoms with Gasteiger partial charge in [0, 0.05) is 17.0 Å². The van der Waals surface area contributed by atoms with E-state index in [-0.39, 0.29) is 17.1 Å². The molecule has 5 rings (SSSR count). The zero-order valence-electron chi connectivity index (χ0n) is 19.1. The number of halogens is 5. The molecule has 0 saturated heterocycles. The predicted octanol–water partition coefficient (Wildman–Crippen LogP) is 6.50. The summed E-state index contributed by atoms with van der Waals surface area (Å²) in [4.78, 5) is 12.5. The molecule has 36 heavy (non-hydrogen) atoms. The second kappa shape index (κ2) is 8.47. The third kappa shape index (κ3) is 4.19. The molecule has 0 fully saturated rings. The molecule has 0 spiro atoms. The number of rotatable bonds is 4. The van der Waals surface area contributed by atoms with Crippen LogP contribution in [-0.2, 0) is 11.6 Å². The first-order valence-electron chi connectivity index (χ1n) is 10.9. The summed E-state index contributed by atoms with van der Waals surface area (Å²) in [6, 6.07) is 17.2. The fourth-order valence-corrected chi connectivity index (χ4v) is 3.94. The maximum absolute atomic E-state index is 14.3. The molecule has 0 aliphatic carbocycles. The molecule has 0 aliphatic heterocycles. The highest BCUT2D eigenvalue weighted by Crippen LogP contribution is 2.35. The highest BCUT2D eigenvalue weighted by molar-refractivity contribution is 5.89. The van der Waals surface area contributed by atoms with Gasteiger partial charge in [-0.1, -0.05) is 30.3 Å². The molecule has 0 unspecified atom stereocenters. The van der Waals surface area contributed by atoms with Gasteiger partial charge in [-0.15, -0.1) is 0 Å². The van der Waals surface area contributed by atoms with Gasteiger partial charge >= 0.3 is 6.18 Å². The Bertz CT molecular complexity index is 1590. The normalized spacial score (nSPS) is 12.3. The molecule has 0 amide bonds. The molecule has 4 aromatic heterocycles. The summed E-state index contributed by atoms with van der Waals surface area (Å²) in [6.07, 6.45) is -3.37. The van der Waals surface area contributed by atoms with E-state index in [1.54, 1.807) is 30.3 Å². The summed E-state index contributed by atoms with van der Waals surface area (Å²) < 4.78 is 68.3. The lowest BCUT2D eigenvalue weighted by atomic mass is 9.83. The zero-order valence-corrected chi connectivity index (χ0v) is 19.1. The third-order valence-electron chi connectivity index (χ3n) is 5.94. The van der Waals surface area contributed by atoms with Crippen molar-refractivity contribution in [2.75, 3.05) is 0 Å². The van der Waals surface area contributed by atoms with E-state index in [4.69, 9.17) is 4.98 Å². The van der Waals surface area contributed by atoms with Crippen molar-refractivity contribution < 1.29 is 22.0 Å². The van der Waals surface area contributed by atoms with E-state index in [0.29, 0.717) is 16.8 Å². The Kier molecular flexibility index (Phi) is 5.54. The Morgan fingerprint density at radius 3 is 2.25 bits per heavy atom. The van der Waals surface area contributed by atoms with E-state index in [9.17, 15) is 22.0 Å². The Labute approximate surface area is 202 Å². The van der Waals surface area contributed by atoms with E-state index >= 15 is 0 Å². The van der Waals surface area contributed by atoms with Crippen molar-refractivity contribution in [2.45, 2.75) is 25.4 Å². The van der Waals surface area contributed by atoms with Crippen LogP contribution in [0.1, 0.15) is 30.9 Å². The summed E-state index contributed by atoms with van der Waals surface area (Å²) in [5.41, 5.74) is -0.539. The summed E-state index contributed by atoms with van der Waals surface area (Å²) >= 11 is 0. The van der Waals surface area contributed by atoms with Crippen molar-refractivity contribution in [1.29, 1.82) is 0 Å². The van der Waals surface area contributed by atoms with E-state index in [1.807, 2.05) is 32.0 Å². The smallest absolute Gasteiger partial charge is 0.252 e. The topological polar surface area (TPSA) is 56.5 Å². The first-order chi connectivity index (χ1) is 17.0. The van der Waals surface area contributed by atoms with Gasteiger partial charge in [-0.05, 0) is 55.6 Å². The molecule has 0 bridgehead atoms. The van der Waals surface area contributed by atoms with Crippen LogP contribution in [0.15, 0.2) is 72.9 Å². The van der Waals surface area contributed by atoms with Crippen LogP contribution in [-0.4, -0.2) is 24.7 Å². The largest absolute Gasteiger partial charge is 0.435 e. The second-order valence-corrected chi connectivity index (χ2v) is 8.70. The van der Waals surface area contributed by atoms with Crippen LogP contribution < -0.4 is 0 Å². The number of hydrogen-bond acceptors (Lipinski definition) is 4. The highest BCUT2D eigenvalue weighted by atomic mass is 19.4. The van der Waals surface area contributed by atoms with Crippen LogP contribution in [0.3, 0.4) is 0 Å². The fourth-order valence-electron chi connectivity index (χ4n) is 3.94. The molecule has 1 aromatic carbocycles. The van der Waals surface area contributed by atoms with Crippen LogP contribution in [0.5, 0.6) is 0 Å². The molecular weight excluding hydrogens is 477 g/mol. The van der Waals surface area contributed by atoms with Crippen molar-refractivity contribution in [2.24, 2.45) is 0 Å². The molecule has 5 aromatic rings. The van der Waals surface area contributed by atoms with E-state index < -0.39 is 29.2 Å². The monoisotopic (exact) mass is 495 g/mol. The maximum Gasteiger partial charge on any atom is 0.435 e. The van der Waals surface area contributed by atoms with Crippen LogP contribution in [0.25, 0.3) is 27.8 Å². The lowest BCUT2D eigenvalue weighted by Crippen LogP contribution is -2.23. The summed E-state index contributed by atoms with van der Waals surface area (Å²) in [5, 5.41) is 5.07. The second-order valence-electron chi connectivity index (χ2n) is 8.70. The molecule has 0 aliphatic rings.